The van der Waals surface area contributed by atoms with Crippen LogP contribution in [0.15, 0.2) is 42.5 Å². The molecule has 0 spiro atoms. The fraction of sp³-hybridized carbons (Fsp3) is 0.364. The van der Waals surface area contributed by atoms with E-state index < -0.39 is 5.97 Å². The Hall–Kier alpha value is -3.22. The van der Waals surface area contributed by atoms with Crippen LogP contribution in [0.5, 0.6) is 11.5 Å². The second-order valence-corrected chi connectivity index (χ2v) is 6.95. The summed E-state index contributed by atoms with van der Waals surface area (Å²) in [7, 11) is 0. The first-order valence-corrected chi connectivity index (χ1v) is 9.78. The van der Waals surface area contributed by atoms with Crippen LogP contribution in [-0.2, 0) is 4.74 Å². The normalized spacial score (nSPS) is 10.7. The molecule has 4 N–H and O–H groups in total. The molecule has 0 bridgehead atoms. The Morgan fingerprint density at radius 1 is 1.03 bits per heavy atom. The molecule has 156 valence electrons. The van der Waals surface area contributed by atoms with Crippen LogP contribution in [0, 0.1) is 0 Å². The van der Waals surface area contributed by atoms with Crippen LogP contribution >= 0.6 is 0 Å². The lowest BCUT2D eigenvalue weighted by molar-refractivity contribution is 0.0375. The van der Waals surface area contributed by atoms with E-state index in [4.69, 9.17) is 15.2 Å². The molecule has 29 heavy (non-hydrogen) atoms. The lowest BCUT2D eigenvalue weighted by Crippen LogP contribution is -2.37. The summed E-state index contributed by atoms with van der Waals surface area (Å²) in [6.45, 7) is 7.56. The first kappa shape index (κ1) is 22.1. The van der Waals surface area contributed by atoms with Gasteiger partial charge in [-0.1, -0.05) is 13.8 Å². The third-order valence-corrected chi connectivity index (χ3v) is 4.23. The summed E-state index contributed by atoms with van der Waals surface area (Å²) in [4.78, 5) is 24.8. The summed E-state index contributed by atoms with van der Waals surface area (Å²) in [5.74, 6) is 0.325. The Morgan fingerprint density at radius 3 is 2.28 bits per heavy atom. The second kappa shape index (κ2) is 10.4. The Balaban J connectivity index is 2.25. The van der Waals surface area contributed by atoms with Crippen molar-refractivity contribution in [3.05, 3.63) is 48.0 Å². The maximum Gasteiger partial charge on any atom is 0.342 e. The van der Waals surface area contributed by atoms with Crippen molar-refractivity contribution in [2.45, 2.75) is 52.7 Å². The van der Waals surface area contributed by atoms with Gasteiger partial charge in [-0.05, 0) is 69.2 Å². The quantitative estimate of drug-likeness (QED) is 0.431. The highest BCUT2D eigenvalue weighted by molar-refractivity contribution is 5.96. The zero-order valence-electron chi connectivity index (χ0n) is 17.3. The molecular formula is C22H29N3O4. The highest BCUT2D eigenvalue weighted by Crippen LogP contribution is 2.29. The number of esters is 1. The molecule has 0 saturated heterocycles. The molecule has 2 amide bonds. The molecule has 0 aliphatic rings. The lowest BCUT2D eigenvalue weighted by atomic mass is 10.1. The van der Waals surface area contributed by atoms with E-state index in [1.807, 2.05) is 13.8 Å². The number of nitrogens with one attached hydrogen (secondary N) is 2. The SMILES string of the molecule is CCC(CC)NC(=O)Nc1ccc(Oc2ccc(N)cc2)c(C(=O)OC(C)C)c1. The number of hydrogen-bond acceptors (Lipinski definition) is 5. The van der Waals surface area contributed by atoms with Crippen LogP contribution in [0.25, 0.3) is 0 Å². The minimum absolute atomic E-state index is 0.0912. The molecule has 0 aliphatic heterocycles. The summed E-state index contributed by atoms with van der Waals surface area (Å²) >= 11 is 0. The van der Waals surface area contributed by atoms with E-state index in [1.165, 1.54) is 0 Å². The number of carbonyl (C=O) groups excluding carboxylic acids is 2. The summed E-state index contributed by atoms with van der Waals surface area (Å²) in [5.41, 5.74) is 6.99. The van der Waals surface area contributed by atoms with Crippen LogP contribution in [0.3, 0.4) is 0 Å². The lowest BCUT2D eigenvalue weighted by Gasteiger charge is -2.17. The molecule has 0 heterocycles. The maximum absolute atomic E-state index is 12.6. The summed E-state index contributed by atoms with van der Waals surface area (Å²) < 4.78 is 11.2. The van der Waals surface area contributed by atoms with E-state index in [9.17, 15) is 9.59 Å². The first-order chi connectivity index (χ1) is 13.8. The number of hydrogen-bond donors (Lipinski definition) is 3. The Morgan fingerprint density at radius 2 is 1.69 bits per heavy atom. The number of carbonyl (C=O) groups is 2. The number of rotatable bonds is 8. The van der Waals surface area contributed by atoms with Crippen molar-refractivity contribution in [3.8, 4) is 11.5 Å². The molecule has 0 fully saturated rings. The molecule has 0 atom stereocenters. The van der Waals surface area contributed by atoms with Crippen LogP contribution in [0.4, 0.5) is 16.2 Å². The van der Waals surface area contributed by atoms with Crippen molar-refractivity contribution < 1.29 is 19.1 Å². The molecule has 0 aliphatic carbocycles. The minimum atomic E-state index is -0.533. The van der Waals surface area contributed by atoms with Crippen molar-refractivity contribution >= 4 is 23.4 Å². The Kier molecular flexibility index (Phi) is 7.88. The number of urea groups is 1. The van der Waals surface area contributed by atoms with E-state index >= 15 is 0 Å². The molecule has 0 saturated carbocycles. The number of benzene rings is 2. The van der Waals surface area contributed by atoms with Gasteiger partial charge < -0.3 is 25.8 Å². The van der Waals surface area contributed by atoms with Gasteiger partial charge in [0.1, 0.15) is 17.1 Å². The molecule has 2 aromatic carbocycles. The van der Waals surface area contributed by atoms with E-state index in [1.54, 1.807) is 56.3 Å². The van der Waals surface area contributed by atoms with Crippen molar-refractivity contribution in [1.29, 1.82) is 0 Å². The maximum atomic E-state index is 12.6. The topological polar surface area (TPSA) is 103 Å². The van der Waals surface area contributed by atoms with Crippen molar-refractivity contribution in [2.24, 2.45) is 0 Å². The monoisotopic (exact) mass is 399 g/mol. The average molecular weight is 399 g/mol. The average Bonchev–Trinajstić information content (AvgIpc) is 2.68. The second-order valence-electron chi connectivity index (χ2n) is 6.95. The molecule has 0 aromatic heterocycles. The summed E-state index contributed by atoms with van der Waals surface area (Å²) in [5, 5.41) is 5.65. The van der Waals surface area contributed by atoms with Gasteiger partial charge in [0.2, 0.25) is 0 Å². The summed E-state index contributed by atoms with van der Waals surface area (Å²) in [6, 6.07) is 11.4. The molecule has 0 unspecified atom stereocenters. The number of nitrogens with two attached hydrogens (primary N) is 1. The van der Waals surface area contributed by atoms with Crippen LogP contribution in [0.1, 0.15) is 50.9 Å². The predicted octanol–water partition coefficient (Wildman–Crippen LogP) is 4.94. The van der Waals surface area contributed by atoms with Gasteiger partial charge in [-0.15, -0.1) is 0 Å². The molecule has 7 heteroatoms. The number of amides is 2. The van der Waals surface area contributed by atoms with Gasteiger partial charge in [-0.25, -0.2) is 9.59 Å². The third kappa shape index (κ3) is 6.71. The van der Waals surface area contributed by atoms with E-state index in [2.05, 4.69) is 10.6 Å². The minimum Gasteiger partial charge on any atom is -0.459 e. The van der Waals surface area contributed by atoms with Crippen LogP contribution < -0.4 is 21.1 Å². The molecular weight excluding hydrogens is 370 g/mol. The zero-order valence-corrected chi connectivity index (χ0v) is 17.3. The van der Waals surface area contributed by atoms with Crippen LogP contribution in [0.2, 0.25) is 0 Å². The van der Waals surface area contributed by atoms with E-state index in [0.29, 0.717) is 22.9 Å². The number of ether oxygens (including phenoxy) is 2. The Labute approximate surface area is 171 Å². The summed E-state index contributed by atoms with van der Waals surface area (Å²) in [6.07, 6.45) is 1.38. The number of nitrogen functional groups attached to an aromatic ring is 1. The standard InChI is InChI=1S/C22H29N3O4/c1-5-16(6-2)24-22(27)25-17-9-12-20(19(13-17)21(26)28-14(3)4)29-18-10-7-15(23)8-11-18/h7-14,16H,5-6,23H2,1-4H3,(H2,24,25,27). The van der Waals surface area contributed by atoms with Crippen molar-refractivity contribution in [3.63, 3.8) is 0 Å². The van der Waals surface area contributed by atoms with Gasteiger partial charge in [-0.2, -0.15) is 0 Å². The Bertz CT molecular complexity index is 830. The largest absolute Gasteiger partial charge is 0.459 e. The smallest absolute Gasteiger partial charge is 0.342 e. The fourth-order valence-corrected chi connectivity index (χ4v) is 2.64. The fourth-order valence-electron chi connectivity index (χ4n) is 2.64. The molecule has 7 nitrogen and oxygen atoms in total. The van der Waals surface area contributed by atoms with Crippen molar-refractivity contribution in [2.75, 3.05) is 11.1 Å². The zero-order chi connectivity index (χ0) is 21.4. The highest BCUT2D eigenvalue weighted by Gasteiger charge is 2.18. The van der Waals surface area contributed by atoms with E-state index in [-0.39, 0.29) is 23.7 Å². The number of anilines is 2. The van der Waals surface area contributed by atoms with Crippen LogP contribution in [-0.4, -0.2) is 24.1 Å². The first-order valence-electron chi connectivity index (χ1n) is 9.78. The molecule has 0 radical (unpaired) electrons. The van der Waals surface area contributed by atoms with Crippen molar-refractivity contribution in [1.82, 2.24) is 5.32 Å². The highest BCUT2D eigenvalue weighted by atomic mass is 16.5. The molecule has 2 aromatic rings. The van der Waals surface area contributed by atoms with E-state index in [0.717, 1.165) is 12.8 Å². The van der Waals surface area contributed by atoms with Gasteiger partial charge >= 0.3 is 12.0 Å². The van der Waals surface area contributed by atoms with Gasteiger partial charge in [0.15, 0.2) is 0 Å². The third-order valence-electron chi connectivity index (χ3n) is 4.23. The van der Waals surface area contributed by atoms with Gasteiger partial charge in [0, 0.05) is 17.4 Å². The predicted molar refractivity (Wildman–Crippen MR) is 114 cm³/mol. The van der Waals surface area contributed by atoms with Gasteiger partial charge in [0.05, 0.1) is 6.10 Å². The van der Waals surface area contributed by atoms with Gasteiger partial charge in [-0.3, -0.25) is 0 Å². The van der Waals surface area contributed by atoms with Gasteiger partial charge in [0.25, 0.3) is 0 Å². The molecule has 2 rings (SSSR count).